The van der Waals surface area contributed by atoms with Crippen LogP contribution < -0.4 is 5.32 Å². The fourth-order valence-corrected chi connectivity index (χ4v) is 1.99. The highest BCUT2D eigenvalue weighted by Crippen LogP contribution is 2.23. The fraction of sp³-hybridized carbons (Fsp3) is 0.583. The average molecular weight is 267 g/mol. The van der Waals surface area contributed by atoms with Gasteiger partial charge in [0.05, 0.1) is 16.6 Å². The van der Waals surface area contributed by atoms with Crippen LogP contribution in [-0.2, 0) is 4.74 Å². The highest BCUT2D eigenvalue weighted by Gasteiger charge is 2.29. The first kappa shape index (κ1) is 13.7. The van der Waals surface area contributed by atoms with E-state index in [4.69, 9.17) is 4.74 Å². The Balaban J connectivity index is 2.03. The molecule has 0 spiro atoms. The summed E-state index contributed by atoms with van der Waals surface area (Å²) < 4.78 is 5.19. The zero-order valence-corrected chi connectivity index (χ0v) is 10.8. The summed E-state index contributed by atoms with van der Waals surface area (Å²) in [6.07, 6.45) is 2.55. The first-order chi connectivity index (χ1) is 9.00. The van der Waals surface area contributed by atoms with Crippen LogP contribution in [0, 0.1) is 17.0 Å². The number of nitrogens with zero attached hydrogens (tertiary/aromatic N) is 2. The summed E-state index contributed by atoms with van der Waals surface area (Å²) in [6, 6.07) is 1.39. The van der Waals surface area contributed by atoms with Crippen molar-refractivity contribution < 1.29 is 14.8 Å². The van der Waals surface area contributed by atoms with Crippen molar-refractivity contribution in [2.24, 2.45) is 0 Å². The quantitative estimate of drug-likeness (QED) is 0.629. The smallest absolute Gasteiger partial charge is 0.277 e. The predicted octanol–water partition coefficient (Wildman–Crippen LogP) is 1.25. The lowest BCUT2D eigenvalue weighted by Gasteiger charge is -2.32. The number of ether oxygens (including phenoxy) is 1. The van der Waals surface area contributed by atoms with E-state index < -0.39 is 10.5 Å². The summed E-state index contributed by atoms with van der Waals surface area (Å²) >= 11 is 0. The number of aliphatic hydroxyl groups is 1. The summed E-state index contributed by atoms with van der Waals surface area (Å²) in [5.74, 6) is 0.400. The number of nitro groups is 1. The summed E-state index contributed by atoms with van der Waals surface area (Å²) in [5, 5.41) is 24.0. The first-order valence-corrected chi connectivity index (χ1v) is 6.15. The molecular formula is C12H17N3O4. The van der Waals surface area contributed by atoms with Gasteiger partial charge >= 0.3 is 0 Å². The van der Waals surface area contributed by atoms with Crippen molar-refractivity contribution in [1.29, 1.82) is 0 Å². The highest BCUT2D eigenvalue weighted by atomic mass is 16.6. The molecule has 1 aliphatic heterocycles. The van der Waals surface area contributed by atoms with Crippen LogP contribution in [0.2, 0.25) is 0 Å². The number of hydrogen-bond acceptors (Lipinski definition) is 6. The van der Waals surface area contributed by atoms with E-state index in [1.807, 2.05) is 0 Å². The van der Waals surface area contributed by atoms with E-state index in [1.54, 1.807) is 6.92 Å². The van der Waals surface area contributed by atoms with E-state index in [9.17, 15) is 15.2 Å². The minimum atomic E-state index is -0.834. The number of rotatable bonds is 4. The van der Waals surface area contributed by atoms with Crippen LogP contribution >= 0.6 is 0 Å². The molecule has 2 rings (SSSR count). The van der Waals surface area contributed by atoms with Crippen molar-refractivity contribution in [3.05, 3.63) is 27.9 Å². The van der Waals surface area contributed by atoms with Gasteiger partial charge in [-0.3, -0.25) is 10.1 Å². The molecule has 1 aliphatic rings. The molecule has 2 N–H and O–H groups in total. The molecule has 1 fully saturated rings. The van der Waals surface area contributed by atoms with E-state index >= 15 is 0 Å². The van der Waals surface area contributed by atoms with Crippen molar-refractivity contribution in [3.63, 3.8) is 0 Å². The number of pyridine rings is 1. The average Bonchev–Trinajstić information content (AvgIpc) is 2.38. The molecule has 104 valence electrons. The van der Waals surface area contributed by atoms with Gasteiger partial charge in [0, 0.05) is 44.4 Å². The van der Waals surface area contributed by atoms with Crippen molar-refractivity contribution in [1.82, 2.24) is 4.98 Å². The van der Waals surface area contributed by atoms with Gasteiger partial charge in [-0.1, -0.05) is 0 Å². The molecule has 7 nitrogen and oxygen atoms in total. The molecule has 1 saturated heterocycles. The van der Waals surface area contributed by atoms with Crippen LogP contribution in [0.4, 0.5) is 11.5 Å². The number of aryl methyl sites for hydroxylation is 1. The van der Waals surface area contributed by atoms with E-state index in [1.165, 1.54) is 12.3 Å². The van der Waals surface area contributed by atoms with Gasteiger partial charge in [0.25, 0.3) is 5.69 Å². The van der Waals surface area contributed by atoms with E-state index in [0.717, 1.165) is 0 Å². The molecule has 0 radical (unpaired) electrons. The lowest BCUT2D eigenvalue weighted by molar-refractivity contribution is -0.385. The Hall–Kier alpha value is -1.73. The van der Waals surface area contributed by atoms with E-state index in [-0.39, 0.29) is 5.69 Å². The molecule has 0 atom stereocenters. The van der Waals surface area contributed by atoms with Crippen molar-refractivity contribution in [3.8, 4) is 0 Å². The maximum absolute atomic E-state index is 10.8. The standard InChI is InChI=1S/C12H17N3O4/c1-9-7-13-11(6-10(9)15(17)18)14-8-12(16)2-4-19-5-3-12/h6-7,16H,2-5,8H2,1H3,(H,13,14). The molecule has 0 aromatic carbocycles. The SMILES string of the molecule is Cc1cnc(NCC2(O)CCOCC2)cc1[N+](=O)[O-]. The van der Waals surface area contributed by atoms with Crippen LogP contribution in [0.15, 0.2) is 12.3 Å². The van der Waals surface area contributed by atoms with Gasteiger partial charge in [0.15, 0.2) is 0 Å². The second kappa shape index (κ2) is 5.50. The Labute approximate surface area is 110 Å². The fourth-order valence-electron chi connectivity index (χ4n) is 1.99. The minimum absolute atomic E-state index is 0.0245. The number of hydrogen-bond donors (Lipinski definition) is 2. The minimum Gasteiger partial charge on any atom is -0.388 e. The monoisotopic (exact) mass is 267 g/mol. The van der Waals surface area contributed by atoms with Crippen LogP contribution in [0.5, 0.6) is 0 Å². The van der Waals surface area contributed by atoms with Crippen LogP contribution in [0.3, 0.4) is 0 Å². The first-order valence-electron chi connectivity index (χ1n) is 6.15. The Kier molecular flexibility index (Phi) is 3.96. The maximum atomic E-state index is 10.8. The molecule has 1 aromatic rings. The lowest BCUT2D eigenvalue weighted by atomic mass is 9.94. The van der Waals surface area contributed by atoms with Gasteiger partial charge in [-0.2, -0.15) is 0 Å². The van der Waals surface area contributed by atoms with Gasteiger partial charge in [0.2, 0.25) is 0 Å². The van der Waals surface area contributed by atoms with Gasteiger partial charge in [0.1, 0.15) is 5.82 Å². The molecule has 0 bridgehead atoms. The molecule has 0 unspecified atom stereocenters. The van der Waals surface area contributed by atoms with E-state index in [2.05, 4.69) is 10.3 Å². The largest absolute Gasteiger partial charge is 0.388 e. The third-order valence-electron chi connectivity index (χ3n) is 3.29. The molecule has 2 heterocycles. The van der Waals surface area contributed by atoms with Crippen LogP contribution in [-0.4, -0.2) is 40.4 Å². The second-order valence-corrected chi connectivity index (χ2v) is 4.80. The molecular weight excluding hydrogens is 250 g/mol. The zero-order valence-electron chi connectivity index (χ0n) is 10.8. The predicted molar refractivity (Wildman–Crippen MR) is 69.1 cm³/mol. The number of anilines is 1. The third-order valence-corrected chi connectivity index (χ3v) is 3.29. The molecule has 0 aliphatic carbocycles. The Morgan fingerprint density at radius 3 is 2.89 bits per heavy atom. The lowest BCUT2D eigenvalue weighted by Crippen LogP contribution is -2.42. The maximum Gasteiger partial charge on any atom is 0.277 e. The van der Waals surface area contributed by atoms with Gasteiger partial charge < -0.3 is 15.2 Å². The third kappa shape index (κ3) is 3.39. The highest BCUT2D eigenvalue weighted by molar-refractivity contribution is 5.49. The van der Waals surface area contributed by atoms with Crippen molar-refractivity contribution in [2.45, 2.75) is 25.4 Å². The van der Waals surface area contributed by atoms with Crippen LogP contribution in [0.1, 0.15) is 18.4 Å². The summed E-state index contributed by atoms with van der Waals surface area (Å²) in [6.45, 7) is 3.00. The topological polar surface area (TPSA) is 97.5 Å². The Morgan fingerprint density at radius 2 is 2.26 bits per heavy atom. The van der Waals surface area contributed by atoms with Gasteiger partial charge in [-0.25, -0.2) is 4.98 Å². The van der Waals surface area contributed by atoms with Crippen LogP contribution in [0.25, 0.3) is 0 Å². The molecule has 0 amide bonds. The Bertz CT molecular complexity index is 472. The zero-order chi connectivity index (χ0) is 13.9. The Morgan fingerprint density at radius 1 is 1.58 bits per heavy atom. The second-order valence-electron chi connectivity index (χ2n) is 4.80. The van der Waals surface area contributed by atoms with Crippen molar-refractivity contribution in [2.75, 3.05) is 25.1 Å². The van der Waals surface area contributed by atoms with Gasteiger partial charge in [-0.05, 0) is 6.92 Å². The molecule has 0 saturated carbocycles. The van der Waals surface area contributed by atoms with Crippen molar-refractivity contribution >= 4 is 11.5 Å². The van der Waals surface area contributed by atoms with E-state index in [0.29, 0.717) is 44.0 Å². The summed E-state index contributed by atoms with van der Waals surface area (Å²) in [7, 11) is 0. The molecule has 1 aromatic heterocycles. The normalized spacial score (nSPS) is 18.0. The summed E-state index contributed by atoms with van der Waals surface area (Å²) in [4.78, 5) is 14.5. The molecule has 7 heteroatoms. The van der Waals surface area contributed by atoms with Gasteiger partial charge in [-0.15, -0.1) is 0 Å². The summed E-state index contributed by atoms with van der Waals surface area (Å²) in [5.41, 5.74) is -0.295. The number of aromatic nitrogens is 1. The number of nitrogens with one attached hydrogen (secondary N) is 1. The molecule has 19 heavy (non-hydrogen) atoms.